The van der Waals surface area contributed by atoms with E-state index in [2.05, 4.69) is 10.3 Å². The van der Waals surface area contributed by atoms with Crippen LogP contribution in [0, 0.1) is 0 Å². The molecule has 1 aromatic heterocycles. The van der Waals surface area contributed by atoms with Crippen molar-refractivity contribution >= 4 is 11.9 Å². The molecule has 2 N–H and O–H groups in total. The molecular weight excluding hydrogens is 262 g/mol. The molecule has 108 valence electrons. The van der Waals surface area contributed by atoms with Gasteiger partial charge in [-0.25, -0.2) is 9.78 Å². The van der Waals surface area contributed by atoms with Gasteiger partial charge in [0.2, 0.25) is 5.91 Å². The van der Waals surface area contributed by atoms with E-state index in [-0.39, 0.29) is 18.9 Å². The Morgan fingerprint density at radius 2 is 2.10 bits per heavy atom. The lowest BCUT2D eigenvalue weighted by molar-refractivity contribution is -0.139. The van der Waals surface area contributed by atoms with E-state index in [4.69, 9.17) is 5.11 Å². The van der Waals surface area contributed by atoms with Crippen molar-refractivity contribution in [3.05, 3.63) is 28.9 Å². The Morgan fingerprint density at radius 3 is 2.70 bits per heavy atom. The largest absolute Gasteiger partial charge is 0.481 e. The van der Waals surface area contributed by atoms with Crippen molar-refractivity contribution in [2.45, 2.75) is 44.2 Å². The van der Waals surface area contributed by atoms with Crippen LogP contribution in [0.1, 0.15) is 32.1 Å². The van der Waals surface area contributed by atoms with Gasteiger partial charge in [0.1, 0.15) is 6.54 Å². The maximum absolute atomic E-state index is 12.0. The molecule has 0 radical (unpaired) electrons. The summed E-state index contributed by atoms with van der Waals surface area (Å²) in [5.41, 5.74) is -1.17. The first-order valence-electron chi connectivity index (χ1n) is 6.55. The lowest BCUT2D eigenvalue weighted by Gasteiger charge is -2.28. The first kappa shape index (κ1) is 14.2. The molecule has 0 aromatic carbocycles. The molecule has 2 rings (SSSR count). The molecule has 1 aliphatic rings. The van der Waals surface area contributed by atoms with Crippen LogP contribution in [0.2, 0.25) is 0 Å². The van der Waals surface area contributed by atoms with Gasteiger partial charge >= 0.3 is 11.7 Å². The second-order valence-corrected chi connectivity index (χ2v) is 5.14. The number of hydrogen-bond acceptors (Lipinski definition) is 4. The molecule has 20 heavy (non-hydrogen) atoms. The van der Waals surface area contributed by atoms with E-state index in [1.165, 1.54) is 17.0 Å². The van der Waals surface area contributed by atoms with Crippen molar-refractivity contribution in [2.24, 2.45) is 0 Å². The Bertz CT molecular complexity index is 561. The first-order valence-corrected chi connectivity index (χ1v) is 6.55. The summed E-state index contributed by atoms with van der Waals surface area (Å²) in [5, 5.41) is 11.8. The molecule has 7 heteroatoms. The quantitative estimate of drug-likeness (QED) is 0.798. The van der Waals surface area contributed by atoms with Gasteiger partial charge in [0.25, 0.3) is 0 Å². The minimum Gasteiger partial charge on any atom is -0.481 e. The Kier molecular flexibility index (Phi) is 4.16. The highest BCUT2D eigenvalue weighted by atomic mass is 16.4. The predicted molar refractivity (Wildman–Crippen MR) is 70.1 cm³/mol. The number of aromatic nitrogens is 2. The van der Waals surface area contributed by atoms with Crippen molar-refractivity contribution in [1.82, 2.24) is 14.9 Å². The number of nitrogens with zero attached hydrogens (tertiary/aromatic N) is 2. The highest BCUT2D eigenvalue weighted by Crippen LogP contribution is 2.32. The van der Waals surface area contributed by atoms with E-state index in [9.17, 15) is 14.4 Å². The highest BCUT2D eigenvalue weighted by molar-refractivity contribution is 5.78. The third-order valence-electron chi connectivity index (χ3n) is 3.55. The number of carboxylic acid groups (broad SMARTS) is 1. The van der Waals surface area contributed by atoms with Gasteiger partial charge in [0, 0.05) is 12.4 Å². The fraction of sp³-hybridized carbons (Fsp3) is 0.538. The van der Waals surface area contributed by atoms with Gasteiger partial charge in [-0.15, -0.1) is 0 Å². The normalized spacial score (nSPS) is 16.8. The number of carboxylic acids is 1. The van der Waals surface area contributed by atoms with E-state index < -0.39 is 17.2 Å². The summed E-state index contributed by atoms with van der Waals surface area (Å²) in [6.07, 6.45) is 5.88. The molecule has 1 fully saturated rings. The van der Waals surface area contributed by atoms with Crippen LogP contribution in [-0.2, 0) is 16.1 Å². The number of hydrogen-bond donors (Lipinski definition) is 2. The summed E-state index contributed by atoms with van der Waals surface area (Å²) in [6, 6.07) is 1.57. The molecule has 1 amide bonds. The smallest absolute Gasteiger partial charge is 0.347 e. The standard InChI is InChI=1S/C13H17N3O4/c17-10(9-16-7-3-6-14-12(16)20)15-13(8-11(18)19)4-1-2-5-13/h3,6-7H,1-2,4-5,8-9H2,(H,15,17)(H,18,19). The summed E-state index contributed by atoms with van der Waals surface area (Å²) >= 11 is 0. The maximum atomic E-state index is 12.0. The van der Waals surface area contributed by atoms with Crippen molar-refractivity contribution in [3.63, 3.8) is 0 Å². The summed E-state index contributed by atoms with van der Waals surface area (Å²) in [5.74, 6) is -1.28. The van der Waals surface area contributed by atoms with Crippen molar-refractivity contribution in [2.75, 3.05) is 0 Å². The lowest BCUT2D eigenvalue weighted by Crippen LogP contribution is -2.49. The molecule has 7 nitrogen and oxygen atoms in total. The molecule has 0 bridgehead atoms. The minimum absolute atomic E-state index is 0.0827. The third-order valence-corrected chi connectivity index (χ3v) is 3.55. The summed E-state index contributed by atoms with van der Waals surface area (Å²) in [6.45, 7) is -0.145. The minimum atomic E-state index is -0.925. The highest BCUT2D eigenvalue weighted by Gasteiger charge is 2.37. The van der Waals surface area contributed by atoms with Crippen LogP contribution < -0.4 is 11.0 Å². The van der Waals surface area contributed by atoms with Gasteiger partial charge in [0.05, 0.1) is 12.0 Å². The van der Waals surface area contributed by atoms with E-state index in [1.54, 1.807) is 6.07 Å². The molecular formula is C13H17N3O4. The molecule has 1 heterocycles. The predicted octanol–water partition coefficient (Wildman–Crippen LogP) is 0.147. The number of aliphatic carboxylic acids is 1. The van der Waals surface area contributed by atoms with E-state index in [1.807, 2.05) is 0 Å². The number of rotatable bonds is 5. The van der Waals surface area contributed by atoms with E-state index in [0.29, 0.717) is 12.8 Å². The first-order chi connectivity index (χ1) is 9.51. The molecule has 1 aromatic rings. The molecule has 0 saturated heterocycles. The van der Waals surface area contributed by atoms with Gasteiger partial charge in [-0.3, -0.25) is 14.2 Å². The van der Waals surface area contributed by atoms with Crippen LogP contribution in [-0.4, -0.2) is 32.1 Å². The lowest BCUT2D eigenvalue weighted by atomic mass is 9.93. The van der Waals surface area contributed by atoms with Crippen molar-refractivity contribution < 1.29 is 14.7 Å². The SMILES string of the molecule is O=C(O)CC1(NC(=O)Cn2cccnc2=O)CCCC1. The van der Waals surface area contributed by atoms with Crippen LogP contribution in [0.25, 0.3) is 0 Å². The zero-order valence-electron chi connectivity index (χ0n) is 11.0. The number of carbonyl (C=O) groups excluding carboxylic acids is 1. The van der Waals surface area contributed by atoms with Gasteiger partial charge in [0.15, 0.2) is 0 Å². The second-order valence-electron chi connectivity index (χ2n) is 5.14. The fourth-order valence-electron chi connectivity index (χ4n) is 2.68. The zero-order chi connectivity index (χ0) is 14.6. The van der Waals surface area contributed by atoms with Crippen molar-refractivity contribution in [1.29, 1.82) is 0 Å². The molecule has 0 unspecified atom stereocenters. The molecule has 0 spiro atoms. The second kappa shape index (κ2) is 5.85. The van der Waals surface area contributed by atoms with E-state index in [0.717, 1.165) is 12.8 Å². The van der Waals surface area contributed by atoms with Gasteiger partial charge in [-0.1, -0.05) is 12.8 Å². The monoisotopic (exact) mass is 279 g/mol. The molecule has 0 aliphatic heterocycles. The topological polar surface area (TPSA) is 101 Å². The Hall–Kier alpha value is -2.18. The van der Waals surface area contributed by atoms with Gasteiger partial charge in [-0.05, 0) is 18.9 Å². The third kappa shape index (κ3) is 3.43. The van der Waals surface area contributed by atoms with Crippen LogP contribution in [0.5, 0.6) is 0 Å². The van der Waals surface area contributed by atoms with Crippen LogP contribution >= 0.6 is 0 Å². The molecule has 1 saturated carbocycles. The zero-order valence-corrected chi connectivity index (χ0v) is 11.0. The van der Waals surface area contributed by atoms with Gasteiger partial charge in [-0.2, -0.15) is 0 Å². The van der Waals surface area contributed by atoms with Crippen molar-refractivity contribution in [3.8, 4) is 0 Å². The van der Waals surface area contributed by atoms with E-state index >= 15 is 0 Å². The Morgan fingerprint density at radius 1 is 1.40 bits per heavy atom. The average molecular weight is 279 g/mol. The number of amides is 1. The van der Waals surface area contributed by atoms with Crippen LogP contribution in [0.3, 0.4) is 0 Å². The average Bonchev–Trinajstić information content (AvgIpc) is 2.79. The molecule has 0 atom stereocenters. The maximum Gasteiger partial charge on any atom is 0.347 e. The van der Waals surface area contributed by atoms with Gasteiger partial charge < -0.3 is 10.4 Å². The fourth-order valence-corrected chi connectivity index (χ4v) is 2.68. The molecule has 1 aliphatic carbocycles. The Balaban J connectivity index is 2.04. The van der Waals surface area contributed by atoms with Crippen LogP contribution in [0.15, 0.2) is 23.3 Å². The summed E-state index contributed by atoms with van der Waals surface area (Å²) in [7, 11) is 0. The summed E-state index contributed by atoms with van der Waals surface area (Å²) in [4.78, 5) is 37.9. The Labute approximate surface area is 115 Å². The van der Waals surface area contributed by atoms with Crippen LogP contribution in [0.4, 0.5) is 0 Å². The number of nitrogens with one attached hydrogen (secondary N) is 1. The summed E-state index contributed by atoms with van der Waals surface area (Å²) < 4.78 is 1.19. The number of carbonyl (C=O) groups is 2.